The van der Waals surface area contributed by atoms with E-state index in [0.29, 0.717) is 21.2 Å². The maximum absolute atomic E-state index is 12.5. The van der Waals surface area contributed by atoms with Crippen LogP contribution >= 0.6 is 22.9 Å². The Morgan fingerprint density at radius 1 is 1.22 bits per heavy atom. The molecule has 0 saturated carbocycles. The lowest BCUT2D eigenvalue weighted by Gasteiger charge is -2.07. The SMILES string of the molecule is COC(=O)NC(=O)c1c(NC(=O)/C=C/c2ccccc2Cl)sc2c1CCC2. The summed E-state index contributed by atoms with van der Waals surface area (Å²) in [7, 11) is 1.18. The highest BCUT2D eigenvalue weighted by Crippen LogP contribution is 2.39. The Hall–Kier alpha value is -2.64. The minimum Gasteiger partial charge on any atom is -0.453 e. The summed E-state index contributed by atoms with van der Waals surface area (Å²) in [5, 5.41) is 5.86. The second-order valence-electron chi connectivity index (χ2n) is 5.85. The number of anilines is 1. The van der Waals surface area contributed by atoms with Gasteiger partial charge in [0.2, 0.25) is 5.91 Å². The summed E-state index contributed by atoms with van der Waals surface area (Å²) in [6, 6.07) is 7.15. The van der Waals surface area contributed by atoms with Gasteiger partial charge >= 0.3 is 6.09 Å². The molecule has 0 radical (unpaired) electrons. The predicted octanol–water partition coefficient (Wildman–Crippen LogP) is 4.04. The van der Waals surface area contributed by atoms with Gasteiger partial charge in [0, 0.05) is 16.0 Å². The second kappa shape index (κ2) is 8.37. The molecule has 0 aliphatic heterocycles. The molecule has 6 nitrogen and oxygen atoms in total. The van der Waals surface area contributed by atoms with Gasteiger partial charge in [0.05, 0.1) is 12.7 Å². The summed E-state index contributed by atoms with van der Waals surface area (Å²) in [5.74, 6) is -0.964. The van der Waals surface area contributed by atoms with Crippen molar-refractivity contribution in [1.82, 2.24) is 5.32 Å². The highest BCUT2D eigenvalue weighted by Gasteiger charge is 2.28. The molecule has 8 heteroatoms. The Kier molecular flexibility index (Phi) is 5.93. The molecule has 1 aromatic heterocycles. The first-order valence-electron chi connectivity index (χ1n) is 8.27. The molecule has 1 aromatic carbocycles. The van der Waals surface area contributed by atoms with Gasteiger partial charge in [0.15, 0.2) is 0 Å². The van der Waals surface area contributed by atoms with E-state index in [1.807, 2.05) is 6.07 Å². The normalized spacial score (nSPS) is 12.7. The molecule has 2 aromatic rings. The number of amides is 3. The lowest BCUT2D eigenvalue weighted by molar-refractivity contribution is -0.111. The summed E-state index contributed by atoms with van der Waals surface area (Å²) >= 11 is 7.43. The van der Waals surface area contributed by atoms with E-state index in [9.17, 15) is 14.4 Å². The molecular formula is C19H17ClN2O4S. The Balaban J connectivity index is 1.80. The van der Waals surface area contributed by atoms with Crippen molar-refractivity contribution in [2.24, 2.45) is 0 Å². The zero-order valence-electron chi connectivity index (χ0n) is 14.5. The molecule has 140 valence electrons. The zero-order chi connectivity index (χ0) is 19.4. The summed E-state index contributed by atoms with van der Waals surface area (Å²) in [6.07, 6.45) is 4.65. The van der Waals surface area contributed by atoms with Crippen LogP contribution in [0.1, 0.15) is 32.8 Å². The number of halogens is 1. The number of methoxy groups -OCH3 is 1. The minimum absolute atomic E-state index is 0.331. The largest absolute Gasteiger partial charge is 0.453 e. The van der Waals surface area contributed by atoms with Crippen LogP contribution < -0.4 is 10.6 Å². The summed E-state index contributed by atoms with van der Waals surface area (Å²) < 4.78 is 4.48. The first-order valence-corrected chi connectivity index (χ1v) is 9.46. The van der Waals surface area contributed by atoms with Crippen molar-refractivity contribution in [2.45, 2.75) is 19.3 Å². The van der Waals surface area contributed by atoms with E-state index < -0.39 is 12.0 Å². The molecule has 27 heavy (non-hydrogen) atoms. The average molecular weight is 405 g/mol. The molecule has 0 spiro atoms. The Morgan fingerprint density at radius 2 is 2.00 bits per heavy atom. The molecule has 3 rings (SSSR count). The van der Waals surface area contributed by atoms with E-state index in [4.69, 9.17) is 11.6 Å². The van der Waals surface area contributed by atoms with Crippen LogP contribution in [0.3, 0.4) is 0 Å². The topological polar surface area (TPSA) is 84.5 Å². The van der Waals surface area contributed by atoms with Gasteiger partial charge in [0.1, 0.15) is 5.00 Å². The van der Waals surface area contributed by atoms with E-state index >= 15 is 0 Å². The molecular weight excluding hydrogens is 388 g/mol. The number of imide groups is 1. The molecule has 2 N–H and O–H groups in total. The Bertz CT molecular complexity index is 936. The number of carbonyl (C=O) groups excluding carboxylic acids is 3. The third-order valence-electron chi connectivity index (χ3n) is 4.11. The number of benzene rings is 1. The third-order valence-corrected chi connectivity index (χ3v) is 5.66. The first-order chi connectivity index (χ1) is 13.0. The number of nitrogens with one attached hydrogen (secondary N) is 2. The highest BCUT2D eigenvalue weighted by atomic mass is 35.5. The van der Waals surface area contributed by atoms with Gasteiger partial charge in [-0.3, -0.25) is 14.9 Å². The number of ether oxygens (including phenoxy) is 1. The Morgan fingerprint density at radius 3 is 2.74 bits per heavy atom. The van der Waals surface area contributed by atoms with Crippen molar-refractivity contribution in [2.75, 3.05) is 12.4 Å². The van der Waals surface area contributed by atoms with Crippen molar-refractivity contribution in [3.8, 4) is 0 Å². The number of rotatable bonds is 4. The van der Waals surface area contributed by atoms with Crippen LogP contribution in [-0.2, 0) is 22.4 Å². The highest BCUT2D eigenvalue weighted by molar-refractivity contribution is 7.17. The van der Waals surface area contributed by atoms with Crippen molar-refractivity contribution in [3.05, 3.63) is 56.9 Å². The van der Waals surface area contributed by atoms with E-state index in [1.165, 1.54) is 24.5 Å². The zero-order valence-corrected chi connectivity index (χ0v) is 16.1. The van der Waals surface area contributed by atoms with Gasteiger partial charge in [-0.1, -0.05) is 29.8 Å². The molecule has 0 fully saturated rings. The standard InChI is InChI=1S/C19H17ClN2O4S/c1-26-19(25)22-17(24)16-12-6-4-8-14(12)27-18(16)21-15(23)10-9-11-5-2-3-7-13(11)20/h2-3,5,7,9-10H,4,6,8H2,1H3,(H,21,23)(H,22,24,25)/b10-9+. The molecule has 0 saturated heterocycles. The van der Waals surface area contributed by atoms with Gasteiger partial charge in [-0.15, -0.1) is 11.3 Å². The fourth-order valence-electron chi connectivity index (χ4n) is 2.87. The van der Waals surface area contributed by atoms with Crippen molar-refractivity contribution >= 4 is 51.9 Å². The molecule has 3 amide bonds. The van der Waals surface area contributed by atoms with Crippen LogP contribution in [0.5, 0.6) is 0 Å². The van der Waals surface area contributed by atoms with E-state index in [2.05, 4.69) is 15.4 Å². The Labute approximate surface area is 165 Å². The number of hydrogen-bond donors (Lipinski definition) is 2. The molecule has 1 aliphatic carbocycles. The van der Waals surface area contributed by atoms with Crippen LogP contribution in [0.2, 0.25) is 5.02 Å². The van der Waals surface area contributed by atoms with Crippen molar-refractivity contribution in [3.63, 3.8) is 0 Å². The second-order valence-corrected chi connectivity index (χ2v) is 7.36. The van der Waals surface area contributed by atoms with Crippen molar-refractivity contribution < 1.29 is 19.1 Å². The average Bonchev–Trinajstić information content (AvgIpc) is 3.21. The monoisotopic (exact) mass is 404 g/mol. The maximum atomic E-state index is 12.5. The summed E-state index contributed by atoms with van der Waals surface area (Å²) in [6.45, 7) is 0. The lowest BCUT2D eigenvalue weighted by atomic mass is 10.1. The van der Waals surface area contributed by atoms with Crippen LogP contribution in [-0.4, -0.2) is 25.0 Å². The van der Waals surface area contributed by atoms with Crippen LogP contribution in [0.15, 0.2) is 30.3 Å². The predicted molar refractivity (Wildman–Crippen MR) is 105 cm³/mol. The molecule has 0 unspecified atom stereocenters. The molecule has 1 aliphatic rings. The lowest BCUT2D eigenvalue weighted by Crippen LogP contribution is -2.31. The molecule has 0 atom stereocenters. The number of carbonyl (C=O) groups is 3. The number of fused-ring (bicyclic) bond motifs is 1. The fraction of sp³-hybridized carbons (Fsp3) is 0.211. The van der Waals surface area contributed by atoms with Gasteiger partial charge in [-0.05, 0) is 42.5 Å². The molecule has 1 heterocycles. The van der Waals surface area contributed by atoms with Gasteiger partial charge in [-0.2, -0.15) is 0 Å². The summed E-state index contributed by atoms with van der Waals surface area (Å²) in [5.41, 5.74) is 1.93. The van der Waals surface area contributed by atoms with Gasteiger partial charge < -0.3 is 10.1 Å². The fourth-order valence-corrected chi connectivity index (χ4v) is 4.36. The van der Waals surface area contributed by atoms with E-state index in [0.717, 1.165) is 29.7 Å². The van der Waals surface area contributed by atoms with Crippen LogP contribution in [0, 0.1) is 0 Å². The number of thiophene rings is 1. The smallest absolute Gasteiger partial charge is 0.413 e. The molecule has 0 bridgehead atoms. The minimum atomic E-state index is -0.839. The number of hydrogen-bond acceptors (Lipinski definition) is 5. The first kappa shape index (κ1) is 19.1. The van der Waals surface area contributed by atoms with E-state index in [1.54, 1.807) is 24.3 Å². The van der Waals surface area contributed by atoms with Gasteiger partial charge in [0.25, 0.3) is 5.91 Å². The number of aryl methyl sites for hydroxylation is 1. The number of alkyl carbamates (subject to hydrolysis) is 1. The quantitative estimate of drug-likeness (QED) is 0.753. The van der Waals surface area contributed by atoms with E-state index in [-0.39, 0.29) is 5.91 Å². The van der Waals surface area contributed by atoms with Gasteiger partial charge in [-0.25, -0.2) is 4.79 Å². The summed E-state index contributed by atoms with van der Waals surface area (Å²) in [4.78, 5) is 37.2. The van der Waals surface area contributed by atoms with Crippen molar-refractivity contribution in [1.29, 1.82) is 0 Å². The van der Waals surface area contributed by atoms with Crippen LogP contribution in [0.25, 0.3) is 6.08 Å². The maximum Gasteiger partial charge on any atom is 0.413 e. The van der Waals surface area contributed by atoms with Crippen LogP contribution in [0.4, 0.5) is 9.80 Å². The third kappa shape index (κ3) is 4.37.